The van der Waals surface area contributed by atoms with Crippen LogP contribution in [0.15, 0.2) is 28.4 Å². The van der Waals surface area contributed by atoms with Gasteiger partial charge in [0.1, 0.15) is 17.3 Å². The van der Waals surface area contributed by atoms with Crippen molar-refractivity contribution in [3.8, 4) is 17.3 Å². The summed E-state index contributed by atoms with van der Waals surface area (Å²) >= 11 is 26.3. The third-order valence-corrected chi connectivity index (χ3v) is 12.4. The molecule has 2 fully saturated rings. The van der Waals surface area contributed by atoms with Crippen molar-refractivity contribution in [3.05, 3.63) is 33.8 Å². The van der Waals surface area contributed by atoms with Crippen LogP contribution in [0.2, 0.25) is 10.0 Å². The summed E-state index contributed by atoms with van der Waals surface area (Å²) in [6.07, 6.45) is 4.76. The van der Waals surface area contributed by atoms with Crippen molar-refractivity contribution in [2.24, 2.45) is 10.2 Å². The van der Waals surface area contributed by atoms with Crippen molar-refractivity contribution in [1.29, 1.82) is 5.26 Å². The molecule has 1 aromatic carbocycles. The SMILES string of the molecule is CC(=O)NC1CC(N(CCCCS(=O)(=O)[O-])CCCCS(=O)(=O)[O-])CCC1N=Nc1c(C#N)c(-c2ccc(Cl)cc2Cl)nn1C1C(Cl)CCCC1Cl.[K+].[K+]. The van der Waals surface area contributed by atoms with Crippen molar-refractivity contribution >= 4 is 78.4 Å². The zero-order valence-corrected chi connectivity index (χ0v) is 41.4. The van der Waals surface area contributed by atoms with E-state index < -0.39 is 60.6 Å². The molecule has 2 aliphatic rings. The molecular formula is C32H41Cl4K2N7O7S2. The molecule has 1 aromatic heterocycles. The van der Waals surface area contributed by atoms with E-state index in [-0.39, 0.29) is 150 Å². The van der Waals surface area contributed by atoms with E-state index >= 15 is 0 Å². The van der Waals surface area contributed by atoms with Gasteiger partial charge in [0.2, 0.25) is 5.91 Å². The van der Waals surface area contributed by atoms with Gasteiger partial charge in [-0.2, -0.15) is 15.5 Å². The number of nitrogens with one attached hydrogen (secondary N) is 1. The van der Waals surface area contributed by atoms with Crippen molar-refractivity contribution in [2.75, 3.05) is 24.6 Å². The Morgan fingerprint density at radius 2 is 1.59 bits per heavy atom. The van der Waals surface area contributed by atoms with Gasteiger partial charge in [-0.3, -0.25) is 4.79 Å². The molecule has 5 atom stereocenters. The van der Waals surface area contributed by atoms with Crippen LogP contribution in [-0.2, 0) is 25.0 Å². The molecule has 0 spiro atoms. The average molecular weight is 920 g/mol. The number of rotatable bonds is 16. The summed E-state index contributed by atoms with van der Waals surface area (Å²) in [5.41, 5.74) is 0.842. The summed E-state index contributed by atoms with van der Waals surface area (Å²) in [6.45, 7) is 2.23. The first kappa shape index (κ1) is 51.3. The van der Waals surface area contributed by atoms with E-state index in [9.17, 15) is 36.0 Å². The van der Waals surface area contributed by atoms with E-state index in [0.717, 1.165) is 6.42 Å². The van der Waals surface area contributed by atoms with Gasteiger partial charge in [-0.05, 0) is 89.1 Å². The predicted octanol–water partition coefficient (Wildman–Crippen LogP) is 0.139. The molecule has 1 heterocycles. The van der Waals surface area contributed by atoms with E-state index in [0.29, 0.717) is 68.6 Å². The monoisotopic (exact) mass is 917 g/mol. The molecule has 5 unspecified atom stereocenters. The number of benzene rings is 1. The van der Waals surface area contributed by atoms with Crippen LogP contribution in [0.4, 0.5) is 5.82 Å². The van der Waals surface area contributed by atoms with Gasteiger partial charge in [-0.15, -0.1) is 28.3 Å². The van der Waals surface area contributed by atoms with Crippen LogP contribution in [0.25, 0.3) is 11.3 Å². The molecule has 0 radical (unpaired) electrons. The normalized spacial score (nSPS) is 23.4. The molecule has 1 amide bonds. The summed E-state index contributed by atoms with van der Waals surface area (Å²) in [7, 11) is -8.75. The fraction of sp³-hybridized carbons (Fsp3) is 0.656. The Labute approximate surface area is 422 Å². The number of carbonyl (C=O) groups excluding carboxylic acids is 1. The smallest absolute Gasteiger partial charge is 0.748 e. The molecule has 1 N–H and O–H groups in total. The third kappa shape index (κ3) is 15.7. The Hall–Kier alpha value is 1.20. The quantitative estimate of drug-likeness (QED) is 0.0791. The molecule has 2 saturated carbocycles. The maximum Gasteiger partial charge on any atom is 1.00 e. The van der Waals surface area contributed by atoms with Crippen molar-refractivity contribution < 1.29 is 134 Å². The molecule has 0 bridgehead atoms. The second kappa shape index (κ2) is 23.9. The zero-order chi connectivity index (χ0) is 38.2. The fourth-order valence-corrected chi connectivity index (χ4v) is 9.46. The minimum absolute atomic E-state index is 0. The number of hydrogen-bond acceptors (Lipinski definition) is 12. The summed E-state index contributed by atoms with van der Waals surface area (Å²) in [6, 6.07) is 5.42. The Bertz CT molecular complexity index is 1820. The number of nitriles is 1. The molecule has 2 aromatic rings. The number of unbranched alkanes of at least 4 members (excludes halogenated alkanes) is 2. The number of azo groups is 1. The number of carbonyl (C=O) groups is 1. The van der Waals surface area contributed by atoms with Crippen LogP contribution in [0.3, 0.4) is 0 Å². The molecule has 22 heteroatoms. The summed E-state index contributed by atoms with van der Waals surface area (Å²) in [4.78, 5) is 14.5. The molecule has 14 nitrogen and oxygen atoms in total. The maximum atomic E-state index is 12.4. The zero-order valence-electron chi connectivity index (χ0n) is 30.5. The second-order valence-electron chi connectivity index (χ2n) is 13.2. The van der Waals surface area contributed by atoms with Crippen LogP contribution in [0.1, 0.15) is 82.7 Å². The molecule has 0 saturated heterocycles. The Balaban J connectivity index is 0.00000504. The topological polar surface area (TPSA) is 213 Å². The van der Waals surface area contributed by atoms with Crippen molar-refractivity contribution in [3.63, 3.8) is 0 Å². The van der Waals surface area contributed by atoms with Crippen LogP contribution >= 0.6 is 46.4 Å². The minimum Gasteiger partial charge on any atom is -0.748 e. The number of hydrogen-bond donors (Lipinski definition) is 1. The number of aromatic nitrogens is 2. The molecule has 288 valence electrons. The summed E-state index contributed by atoms with van der Waals surface area (Å²) in [5, 5.41) is 27.4. The van der Waals surface area contributed by atoms with E-state index in [2.05, 4.69) is 26.5 Å². The first-order valence-electron chi connectivity index (χ1n) is 17.0. The largest absolute Gasteiger partial charge is 1.00 e. The van der Waals surface area contributed by atoms with Crippen LogP contribution < -0.4 is 108 Å². The summed E-state index contributed by atoms with van der Waals surface area (Å²) in [5.74, 6) is -1.14. The number of halogens is 4. The first-order valence-corrected chi connectivity index (χ1v) is 21.8. The number of alkyl halides is 2. The molecule has 0 aliphatic heterocycles. The van der Waals surface area contributed by atoms with Crippen LogP contribution in [-0.4, -0.2) is 100 Å². The standard InChI is InChI=1S/C32H43Cl4N7O7S2.2K/c1-20(44)38-29-18-22(42(13-2-4-15-51(45,46)47)14-3-5-16-52(48,49)50)10-12-28(29)39-40-32-24(19-37)30(23-11-9-21(33)17-27(23)36)41-43(32)31-25(34)7-6-8-26(31)35;;/h9,11,17,22,25-26,28-29,31H,2-8,10,12-16,18H2,1H3,(H,38,44)(H,45,46,47)(H,48,49,50);;/q;2*+1/p-2. The van der Waals surface area contributed by atoms with E-state index in [4.69, 9.17) is 51.5 Å². The minimum atomic E-state index is -4.38. The predicted molar refractivity (Wildman–Crippen MR) is 197 cm³/mol. The van der Waals surface area contributed by atoms with Gasteiger partial charge in [0.05, 0.1) is 54.1 Å². The van der Waals surface area contributed by atoms with Gasteiger partial charge in [-0.25, -0.2) is 21.5 Å². The van der Waals surface area contributed by atoms with Gasteiger partial charge >= 0.3 is 103 Å². The van der Waals surface area contributed by atoms with Crippen molar-refractivity contribution in [1.82, 2.24) is 20.0 Å². The summed E-state index contributed by atoms with van der Waals surface area (Å²) < 4.78 is 68.5. The van der Waals surface area contributed by atoms with Gasteiger partial charge in [0.15, 0.2) is 5.82 Å². The first-order chi connectivity index (χ1) is 24.5. The Morgan fingerprint density at radius 1 is 1.00 bits per heavy atom. The average Bonchev–Trinajstić information content (AvgIpc) is 3.39. The van der Waals surface area contributed by atoms with E-state index in [1.54, 1.807) is 22.9 Å². The molecule has 54 heavy (non-hydrogen) atoms. The van der Waals surface area contributed by atoms with E-state index in [1.165, 1.54) is 6.92 Å². The van der Waals surface area contributed by atoms with Gasteiger partial charge in [0, 0.05) is 35.1 Å². The van der Waals surface area contributed by atoms with Crippen molar-refractivity contribution in [2.45, 2.75) is 106 Å². The Kier molecular flexibility index (Phi) is 22.7. The van der Waals surface area contributed by atoms with Gasteiger partial charge in [-0.1, -0.05) is 29.6 Å². The van der Waals surface area contributed by atoms with Gasteiger partial charge < -0.3 is 19.3 Å². The second-order valence-corrected chi connectivity index (χ2v) is 18.2. The maximum absolute atomic E-state index is 12.4. The van der Waals surface area contributed by atoms with Crippen LogP contribution in [0.5, 0.6) is 0 Å². The molecule has 2 aliphatic carbocycles. The Morgan fingerprint density at radius 3 is 2.11 bits per heavy atom. The van der Waals surface area contributed by atoms with Crippen LogP contribution in [0, 0.1) is 11.3 Å². The van der Waals surface area contributed by atoms with Gasteiger partial charge in [0.25, 0.3) is 0 Å². The molecular weight excluding hydrogens is 879 g/mol. The number of nitrogens with zero attached hydrogens (tertiary/aromatic N) is 6. The third-order valence-electron chi connectivity index (χ3n) is 9.34. The number of amides is 1. The van der Waals surface area contributed by atoms with E-state index in [1.807, 2.05) is 0 Å². The fourth-order valence-electron chi connectivity index (χ4n) is 6.90. The molecule has 4 rings (SSSR count).